The average Bonchev–Trinajstić information content (AvgIpc) is 2.85. The highest BCUT2D eigenvalue weighted by atomic mass is 32.2. The van der Waals surface area contributed by atoms with Crippen LogP contribution in [0.2, 0.25) is 0 Å². The second-order valence-corrected chi connectivity index (χ2v) is 4.13. The van der Waals surface area contributed by atoms with Crippen LogP contribution in [0.4, 0.5) is 0 Å². The maximum absolute atomic E-state index is 10.3. The highest BCUT2D eigenvalue weighted by molar-refractivity contribution is 7.99. The maximum atomic E-state index is 10.3. The number of rotatable bonds is 4. The number of carboxylic acid groups (broad SMARTS) is 1. The number of hydrogen-bond donors (Lipinski definition) is 2. The minimum absolute atomic E-state index is 0.00308. The Kier molecular flexibility index (Phi) is 3.22. The molecule has 0 spiro atoms. The molecule has 6 nitrogen and oxygen atoms in total. The molecule has 0 bridgehead atoms. The summed E-state index contributed by atoms with van der Waals surface area (Å²) < 4.78 is 5.42. The van der Waals surface area contributed by atoms with Gasteiger partial charge in [-0.25, -0.2) is 4.98 Å². The Balaban J connectivity index is 1.94. The lowest BCUT2D eigenvalue weighted by Crippen LogP contribution is -1.99. The Hall–Kier alpha value is -1.08. The lowest BCUT2D eigenvalue weighted by atomic mass is 10.2. The Morgan fingerprint density at radius 2 is 2.60 bits per heavy atom. The van der Waals surface area contributed by atoms with Crippen LogP contribution in [-0.4, -0.2) is 38.6 Å². The largest absolute Gasteiger partial charge is 0.481 e. The number of nitrogens with one attached hydrogen (secondary N) is 1. The van der Waals surface area contributed by atoms with Crippen molar-refractivity contribution in [3.63, 3.8) is 0 Å². The van der Waals surface area contributed by atoms with Gasteiger partial charge in [0.05, 0.1) is 5.75 Å². The quantitative estimate of drug-likeness (QED) is 0.743. The van der Waals surface area contributed by atoms with E-state index in [0.717, 1.165) is 31.2 Å². The number of thioether (sulfide) groups is 1. The van der Waals surface area contributed by atoms with Crippen LogP contribution < -0.4 is 0 Å². The molecule has 0 saturated carbocycles. The van der Waals surface area contributed by atoms with Crippen molar-refractivity contribution in [2.24, 2.45) is 0 Å². The molecule has 1 unspecified atom stereocenters. The molecule has 0 aliphatic carbocycles. The molecule has 7 heteroatoms. The summed E-state index contributed by atoms with van der Waals surface area (Å²) >= 11 is 1.10. The second-order valence-electron chi connectivity index (χ2n) is 3.19. The Labute approximate surface area is 90.4 Å². The number of aliphatic carboxylic acids is 1. The molecular weight excluding hydrogens is 218 g/mol. The first-order chi connectivity index (χ1) is 7.25. The predicted molar refractivity (Wildman–Crippen MR) is 52.7 cm³/mol. The van der Waals surface area contributed by atoms with E-state index in [1.807, 2.05) is 0 Å². The van der Waals surface area contributed by atoms with Gasteiger partial charge in [0.25, 0.3) is 0 Å². The number of carboxylic acids is 1. The van der Waals surface area contributed by atoms with Gasteiger partial charge in [-0.1, -0.05) is 11.8 Å². The summed E-state index contributed by atoms with van der Waals surface area (Å²) in [5.41, 5.74) is 0. The lowest BCUT2D eigenvalue weighted by Gasteiger charge is -2.02. The van der Waals surface area contributed by atoms with Gasteiger partial charge < -0.3 is 9.84 Å². The molecule has 1 atom stereocenters. The Morgan fingerprint density at radius 1 is 1.73 bits per heavy atom. The summed E-state index contributed by atoms with van der Waals surface area (Å²) in [6.07, 6.45) is 1.97. The Morgan fingerprint density at radius 3 is 3.27 bits per heavy atom. The zero-order valence-corrected chi connectivity index (χ0v) is 8.79. The number of H-pyrrole nitrogens is 1. The fraction of sp³-hybridized carbons (Fsp3) is 0.625. The molecule has 1 aromatic heterocycles. The molecular formula is C8H11N3O3S. The molecule has 1 fully saturated rings. The van der Waals surface area contributed by atoms with Crippen molar-refractivity contribution in [1.29, 1.82) is 0 Å². The van der Waals surface area contributed by atoms with Crippen LogP contribution in [0.1, 0.15) is 24.8 Å². The summed E-state index contributed by atoms with van der Waals surface area (Å²) in [7, 11) is 0. The van der Waals surface area contributed by atoms with Crippen molar-refractivity contribution in [3.05, 3.63) is 5.82 Å². The van der Waals surface area contributed by atoms with E-state index in [-0.39, 0.29) is 11.9 Å². The average molecular weight is 229 g/mol. The Bertz CT molecular complexity index is 349. The number of carbonyl (C=O) groups is 1. The molecule has 1 aromatic rings. The second kappa shape index (κ2) is 4.63. The summed E-state index contributed by atoms with van der Waals surface area (Å²) in [4.78, 5) is 14.5. The first kappa shape index (κ1) is 10.4. The number of aromatic nitrogens is 3. The number of ether oxygens (including phenoxy) is 1. The third kappa shape index (κ3) is 2.69. The highest BCUT2D eigenvalue weighted by Crippen LogP contribution is 2.26. The SMILES string of the molecule is O=C(O)CSc1n[nH]c(C2CCCO2)n1. The van der Waals surface area contributed by atoms with Crippen molar-refractivity contribution < 1.29 is 14.6 Å². The highest BCUT2D eigenvalue weighted by Gasteiger charge is 2.21. The van der Waals surface area contributed by atoms with Crippen LogP contribution in [-0.2, 0) is 9.53 Å². The third-order valence-electron chi connectivity index (χ3n) is 2.04. The van der Waals surface area contributed by atoms with Gasteiger partial charge in [-0.15, -0.1) is 5.10 Å². The fourth-order valence-corrected chi connectivity index (χ4v) is 1.91. The van der Waals surface area contributed by atoms with Gasteiger partial charge >= 0.3 is 5.97 Å². The summed E-state index contributed by atoms with van der Waals surface area (Å²) in [5, 5.41) is 15.6. The molecule has 1 aliphatic heterocycles. The first-order valence-electron chi connectivity index (χ1n) is 4.64. The lowest BCUT2D eigenvalue weighted by molar-refractivity contribution is -0.133. The van der Waals surface area contributed by atoms with Gasteiger partial charge in [0.15, 0.2) is 5.82 Å². The van der Waals surface area contributed by atoms with Crippen molar-refractivity contribution in [3.8, 4) is 0 Å². The molecule has 1 saturated heterocycles. The van der Waals surface area contributed by atoms with E-state index in [4.69, 9.17) is 9.84 Å². The molecule has 1 aliphatic rings. The topological polar surface area (TPSA) is 88.1 Å². The van der Waals surface area contributed by atoms with Gasteiger partial charge in [0.2, 0.25) is 5.16 Å². The van der Waals surface area contributed by atoms with Crippen LogP contribution in [0.25, 0.3) is 0 Å². The summed E-state index contributed by atoms with van der Waals surface area (Å²) in [5.74, 6) is -0.202. The molecule has 2 N–H and O–H groups in total. The van der Waals surface area contributed by atoms with Crippen LogP contribution >= 0.6 is 11.8 Å². The van der Waals surface area contributed by atoms with Crippen molar-refractivity contribution in [2.75, 3.05) is 12.4 Å². The normalized spacial score (nSPS) is 20.7. The van der Waals surface area contributed by atoms with Gasteiger partial charge in [0.1, 0.15) is 6.10 Å². The van der Waals surface area contributed by atoms with Crippen molar-refractivity contribution in [2.45, 2.75) is 24.1 Å². The summed E-state index contributed by atoms with van der Waals surface area (Å²) in [6, 6.07) is 0. The standard InChI is InChI=1S/C8H11N3O3S/c12-6(13)4-15-8-9-7(10-11-8)5-2-1-3-14-5/h5H,1-4H2,(H,12,13)(H,9,10,11). The zero-order chi connectivity index (χ0) is 10.7. The van der Waals surface area contributed by atoms with E-state index < -0.39 is 5.97 Å². The van der Waals surface area contributed by atoms with Gasteiger partial charge in [-0.05, 0) is 12.8 Å². The molecule has 0 aromatic carbocycles. The minimum atomic E-state index is -0.872. The van der Waals surface area contributed by atoms with Crippen LogP contribution in [0.3, 0.4) is 0 Å². The number of nitrogens with zero attached hydrogens (tertiary/aromatic N) is 2. The molecule has 15 heavy (non-hydrogen) atoms. The molecule has 0 amide bonds. The van der Waals surface area contributed by atoms with E-state index in [0.29, 0.717) is 11.0 Å². The smallest absolute Gasteiger partial charge is 0.313 e. The van der Waals surface area contributed by atoms with Crippen LogP contribution in [0.5, 0.6) is 0 Å². The number of aromatic amines is 1. The summed E-state index contributed by atoms with van der Waals surface area (Å²) in [6.45, 7) is 0.753. The first-order valence-corrected chi connectivity index (χ1v) is 5.63. The zero-order valence-electron chi connectivity index (χ0n) is 7.97. The molecule has 2 rings (SSSR count). The van der Waals surface area contributed by atoms with Gasteiger partial charge in [0, 0.05) is 6.61 Å². The van der Waals surface area contributed by atoms with E-state index >= 15 is 0 Å². The van der Waals surface area contributed by atoms with E-state index in [1.165, 1.54) is 0 Å². The monoisotopic (exact) mass is 229 g/mol. The van der Waals surface area contributed by atoms with E-state index in [1.54, 1.807) is 0 Å². The van der Waals surface area contributed by atoms with Crippen molar-refractivity contribution in [1.82, 2.24) is 15.2 Å². The predicted octanol–water partition coefficient (Wildman–Crippen LogP) is 0.833. The molecule has 2 heterocycles. The van der Waals surface area contributed by atoms with Gasteiger partial charge in [-0.2, -0.15) is 0 Å². The van der Waals surface area contributed by atoms with Crippen LogP contribution in [0.15, 0.2) is 5.16 Å². The van der Waals surface area contributed by atoms with E-state index in [9.17, 15) is 4.79 Å². The van der Waals surface area contributed by atoms with E-state index in [2.05, 4.69) is 15.2 Å². The fourth-order valence-electron chi connectivity index (χ4n) is 1.39. The van der Waals surface area contributed by atoms with Gasteiger partial charge in [-0.3, -0.25) is 9.89 Å². The molecule has 0 radical (unpaired) electrons. The third-order valence-corrected chi connectivity index (χ3v) is 2.87. The number of hydrogen-bond acceptors (Lipinski definition) is 5. The van der Waals surface area contributed by atoms with Crippen LogP contribution in [0, 0.1) is 0 Å². The minimum Gasteiger partial charge on any atom is -0.481 e. The van der Waals surface area contributed by atoms with Crippen molar-refractivity contribution >= 4 is 17.7 Å². The maximum Gasteiger partial charge on any atom is 0.313 e. The molecule has 82 valence electrons.